The number of benzene rings is 1. The van der Waals surface area contributed by atoms with Crippen LogP contribution in [0.4, 0.5) is 0 Å². The third kappa shape index (κ3) is 1.94. The van der Waals surface area contributed by atoms with Gasteiger partial charge < -0.3 is 0 Å². The number of hydrogen-bond donors (Lipinski definition) is 0. The molecular weight excluding hydrogens is 214 g/mol. The largest absolute Gasteiger partial charge is 0.297 e. The summed E-state index contributed by atoms with van der Waals surface area (Å²) in [5, 5.41) is 1.31. The molecule has 0 fully saturated rings. The Bertz CT molecular complexity index is 543. The van der Waals surface area contributed by atoms with Gasteiger partial charge in [0.15, 0.2) is 0 Å². The van der Waals surface area contributed by atoms with E-state index < -0.39 is 0 Å². The summed E-state index contributed by atoms with van der Waals surface area (Å²) in [5.41, 5.74) is 2.60. The molecule has 0 radical (unpaired) electrons. The van der Waals surface area contributed by atoms with Crippen LogP contribution in [-0.4, -0.2) is 14.6 Å². The monoisotopic (exact) mass is 233 g/mol. The quantitative estimate of drug-likeness (QED) is 0.650. The first kappa shape index (κ1) is 11.5. The maximum absolute atomic E-state index is 4.32. The second-order valence-corrected chi connectivity index (χ2v) is 7.53. The molecule has 2 aromatic rings. The van der Waals surface area contributed by atoms with Crippen molar-refractivity contribution in [3.8, 4) is 0 Å². The molecule has 1 atom stereocenters. The van der Waals surface area contributed by atoms with E-state index in [9.17, 15) is 0 Å². The number of aromatic nitrogens is 1. The number of aryl methyl sites for hydroxylation is 1. The van der Waals surface area contributed by atoms with E-state index in [4.69, 9.17) is 0 Å². The van der Waals surface area contributed by atoms with Gasteiger partial charge in [0.1, 0.15) is 0 Å². The van der Waals surface area contributed by atoms with Crippen molar-refractivity contribution in [2.45, 2.75) is 32.4 Å². The van der Waals surface area contributed by atoms with E-state index in [-0.39, 0.29) is 15.4 Å². The number of nitrogens with zero attached hydrogens (tertiary/aromatic N) is 1. The SMILES string of the molecule is C=S(n1ccc2cc(C)ccc21)C(C)(C)C. The second-order valence-electron chi connectivity index (χ2n) is 5.18. The van der Waals surface area contributed by atoms with Gasteiger partial charge in [-0.25, -0.2) is 0 Å². The summed E-state index contributed by atoms with van der Waals surface area (Å²) >= 11 is 0. The molecular formula is C14H19NS. The van der Waals surface area contributed by atoms with Gasteiger partial charge >= 0.3 is 0 Å². The molecule has 0 saturated carbocycles. The number of rotatable bonds is 1. The first-order valence-corrected chi connectivity index (χ1v) is 6.87. The number of hydrogen-bond acceptors (Lipinski definition) is 0. The summed E-state index contributed by atoms with van der Waals surface area (Å²) in [6, 6.07) is 8.77. The van der Waals surface area contributed by atoms with Crippen LogP contribution >= 0.6 is 10.7 Å². The Morgan fingerprint density at radius 2 is 1.88 bits per heavy atom. The molecule has 0 bridgehead atoms. The highest BCUT2D eigenvalue weighted by Gasteiger charge is 2.16. The van der Waals surface area contributed by atoms with Gasteiger partial charge in [-0.05, 0) is 45.9 Å². The molecule has 1 unspecified atom stereocenters. The van der Waals surface area contributed by atoms with Crippen LogP contribution in [0.25, 0.3) is 10.9 Å². The Morgan fingerprint density at radius 3 is 2.50 bits per heavy atom. The lowest BCUT2D eigenvalue weighted by molar-refractivity contribution is 0.796. The molecule has 0 aliphatic heterocycles. The molecule has 0 aliphatic rings. The van der Waals surface area contributed by atoms with E-state index >= 15 is 0 Å². The molecule has 0 saturated heterocycles. The smallest absolute Gasteiger partial charge is 0.0586 e. The molecule has 0 spiro atoms. The van der Waals surface area contributed by atoms with Crippen LogP contribution in [0.2, 0.25) is 0 Å². The highest BCUT2D eigenvalue weighted by molar-refractivity contribution is 8.14. The predicted molar refractivity (Wildman–Crippen MR) is 76.5 cm³/mol. The Balaban J connectivity index is 2.59. The van der Waals surface area contributed by atoms with Gasteiger partial charge in [0, 0.05) is 16.3 Å². The average Bonchev–Trinajstić information content (AvgIpc) is 2.57. The Morgan fingerprint density at radius 1 is 1.19 bits per heavy atom. The third-order valence-corrected chi connectivity index (χ3v) is 4.96. The normalized spacial score (nSPS) is 14.2. The van der Waals surface area contributed by atoms with Gasteiger partial charge in [0.05, 0.1) is 5.52 Å². The highest BCUT2D eigenvalue weighted by Crippen LogP contribution is 2.35. The van der Waals surface area contributed by atoms with Gasteiger partial charge in [-0.3, -0.25) is 3.97 Å². The topological polar surface area (TPSA) is 4.93 Å². The zero-order valence-corrected chi connectivity index (χ0v) is 11.3. The van der Waals surface area contributed by atoms with Crippen LogP contribution < -0.4 is 0 Å². The molecule has 16 heavy (non-hydrogen) atoms. The standard InChI is InChI=1S/C14H19NS/c1-11-6-7-13-12(10-11)8-9-15(13)16(5)14(2,3)4/h6-10H,5H2,1-4H3. The van der Waals surface area contributed by atoms with Crippen molar-refractivity contribution in [3.63, 3.8) is 0 Å². The van der Waals surface area contributed by atoms with Crippen LogP contribution in [0.1, 0.15) is 26.3 Å². The van der Waals surface area contributed by atoms with Crippen molar-refractivity contribution in [1.82, 2.24) is 3.97 Å². The lowest BCUT2D eigenvalue weighted by Crippen LogP contribution is -2.13. The van der Waals surface area contributed by atoms with E-state index in [1.165, 1.54) is 16.5 Å². The van der Waals surface area contributed by atoms with Crippen molar-refractivity contribution in [1.29, 1.82) is 0 Å². The van der Waals surface area contributed by atoms with E-state index in [1.54, 1.807) is 0 Å². The van der Waals surface area contributed by atoms with Crippen LogP contribution in [0, 0.1) is 6.92 Å². The van der Waals surface area contributed by atoms with Gasteiger partial charge in [-0.2, -0.15) is 0 Å². The summed E-state index contributed by atoms with van der Waals surface area (Å²) in [6.07, 6.45) is 2.16. The first-order valence-electron chi connectivity index (χ1n) is 5.52. The van der Waals surface area contributed by atoms with Crippen LogP contribution in [0.5, 0.6) is 0 Å². The fraction of sp³-hybridized carbons (Fsp3) is 0.357. The molecule has 1 nitrogen and oxygen atoms in total. The predicted octanol–water partition coefficient (Wildman–Crippen LogP) is 4.21. The lowest BCUT2D eigenvalue weighted by Gasteiger charge is -2.25. The van der Waals surface area contributed by atoms with E-state index in [1.807, 2.05) is 0 Å². The highest BCUT2D eigenvalue weighted by atomic mass is 32.2. The summed E-state index contributed by atoms with van der Waals surface area (Å²) in [5.74, 6) is 4.32. The van der Waals surface area contributed by atoms with Crippen molar-refractivity contribution in [3.05, 3.63) is 36.0 Å². The molecule has 0 aliphatic carbocycles. The summed E-state index contributed by atoms with van der Waals surface area (Å²) in [7, 11) is -0.0341. The van der Waals surface area contributed by atoms with Crippen molar-refractivity contribution >= 4 is 27.4 Å². The van der Waals surface area contributed by atoms with Gasteiger partial charge in [-0.15, -0.1) is 0 Å². The Labute approximate surface area is 100 Å². The van der Waals surface area contributed by atoms with Gasteiger partial charge in [0.2, 0.25) is 0 Å². The maximum Gasteiger partial charge on any atom is 0.0586 e. The molecule has 0 N–H and O–H groups in total. The minimum absolute atomic E-state index is 0.0341. The van der Waals surface area contributed by atoms with Crippen molar-refractivity contribution in [2.24, 2.45) is 0 Å². The van der Waals surface area contributed by atoms with Crippen LogP contribution in [0.3, 0.4) is 0 Å². The fourth-order valence-corrected chi connectivity index (χ4v) is 2.93. The van der Waals surface area contributed by atoms with Crippen molar-refractivity contribution in [2.75, 3.05) is 0 Å². The summed E-state index contributed by atoms with van der Waals surface area (Å²) in [6.45, 7) is 8.85. The fourth-order valence-electron chi connectivity index (χ4n) is 1.72. The van der Waals surface area contributed by atoms with E-state index in [0.29, 0.717) is 0 Å². The Hall–Kier alpha value is -1.02. The minimum atomic E-state index is -0.0341. The molecule has 86 valence electrons. The maximum atomic E-state index is 4.32. The molecule has 0 amide bonds. The zero-order chi connectivity index (χ0) is 11.9. The van der Waals surface area contributed by atoms with E-state index in [0.717, 1.165) is 0 Å². The van der Waals surface area contributed by atoms with Gasteiger partial charge in [0.25, 0.3) is 0 Å². The van der Waals surface area contributed by atoms with Crippen molar-refractivity contribution < 1.29 is 0 Å². The molecule has 2 rings (SSSR count). The summed E-state index contributed by atoms with van der Waals surface area (Å²) < 4.78 is 2.51. The molecule has 2 heteroatoms. The van der Waals surface area contributed by atoms with E-state index in [2.05, 4.69) is 68.0 Å². The van der Waals surface area contributed by atoms with Crippen LogP contribution in [0.15, 0.2) is 30.5 Å². The van der Waals surface area contributed by atoms with Gasteiger partial charge in [-0.1, -0.05) is 28.2 Å². The second kappa shape index (κ2) is 3.77. The minimum Gasteiger partial charge on any atom is -0.297 e. The average molecular weight is 233 g/mol. The number of fused-ring (bicyclic) bond motifs is 1. The lowest BCUT2D eigenvalue weighted by atomic mass is 10.2. The van der Waals surface area contributed by atoms with Crippen LogP contribution in [-0.2, 0) is 0 Å². The third-order valence-electron chi connectivity index (χ3n) is 2.75. The Kier molecular flexibility index (Phi) is 2.70. The molecule has 1 aromatic heterocycles. The summed E-state index contributed by atoms with van der Waals surface area (Å²) in [4.78, 5) is 0. The molecule has 1 heterocycles. The first-order chi connectivity index (χ1) is 7.39. The zero-order valence-electron chi connectivity index (χ0n) is 10.4. The molecule has 1 aromatic carbocycles.